The summed E-state index contributed by atoms with van der Waals surface area (Å²) in [5.41, 5.74) is 0. The van der Waals surface area contributed by atoms with E-state index in [0.29, 0.717) is 0 Å². The molecule has 0 amide bonds. The fourth-order valence-electron chi connectivity index (χ4n) is 0. The summed E-state index contributed by atoms with van der Waals surface area (Å²) in [5.74, 6) is 0. The Morgan fingerprint density at radius 2 is 1.25 bits per heavy atom. The molecule has 0 rings (SSSR count). The first-order valence-electron chi connectivity index (χ1n) is 0.783. The van der Waals surface area contributed by atoms with Crippen molar-refractivity contribution in [2.75, 3.05) is 0 Å². The number of phosphoric acid groups is 1. The van der Waals surface area contributed by atoms with Crippen LogP contribution in [0.3, 0.4) is 0 Å². The SMILES string of the molecule is O=P(O)(O)O.[AlH3].[Ba+2].[H-].[H-].[Zr]. The molecule has 0 radical (unpaired) electrons. The van der Waals surface area contributed by atoms with Crippen molar-refractivity contribution in [1.29, 1.82) is 0 Å². The van der Waals surface area contributed by atoms with Crippen molar-refractivity contribution in [3.63, 3.8) is 0 Å². The second-order valence-corrected chi connectivity index (χ2v) is 1.54. The van der Waals surface area contributed by atoms with Crippen molar-refractivity contribution >= 4 is 74.1 Å². The maximum absolute atomic E-state index is 8.88. The van der Waals surface area contributed by atoms with Crippen LogP contribution in [-0.4, -0.2) is 80.9 Å². The van der Waals surface area contributed by atoms with Gasteiger partial charge in [0.2, 0.25) is 0 Å². The molecule has 0 bridgehead atoms. The minimum atomic E-state index is -4.64. The molecule has 0 aliphatic carbocycles. The minimum Gasteiger partial charge on any atom is -1.00 e. The van der Waals surface area contributed by atoms with Gasteiger partial charge in [0, 0.05) is 26.2 Å². The molecule has 4 nitrogen and oxygen atoms in total. The second-order valence-electron chi connectivity index (χ2n) is 0.513. The van der Waals surface area contributed by atoms with Crippen LogP contribution in [0.25, 0.3) is 0 Å². The normalized spacial score (nSPS) is 7.38. The van der Waals surface area contributed by atoms with Crippen LogP contribution in [-0.2, 0) is 30.8 Å². The predicted octanol–water partition coefficient (Wildman–Crippen LogP) is -2.27. The van der Waals surface area contributed by atoms with Crippen molar-refractivity contribution in [2.24, 2.45) is 0 Å². The molecule has 0 saturated heterocycles. The first-order valence-corrected chi connectivity index (χ1v) is 2.35. The fraction of sp³-hybridized carbons (Fsp3) is 0. The third kappa shape index (κ3) is 62.2. The molecule has 46 valence electrons. The van der Waals surface area contributed by atoms with Gasteiger partial charge in [-0.3, -0.25) is 0 Å². The summed E-state index contributed by atoms with van der Waals surface area (Å²) in [6, 6.07) is 0. The fourth-order valence-corrected chi connectivity index (χ4v) is 0. The zero-order valence-electron chi connectivity index (χ0n) is 5.40. The van der Waals surface area contributed by atoms with Gasteiger partial charge in [0.1, 0.15) is 0 Å². The summed E-state index contributed by atoms with van der Waals surface area (Å²) >= 11 is 0. The number of hydrogen-bond donors (Lipinski definition) is 3. The summed E-state index contributed by atoms with van der Waals surface area (Å²) < 4.78 is 8.88. The first kappa shape index (κ1) is 22.5. The van der Waals surface area contributed by atoms with Crippen molar-refractivity contribution in [2.45, 2.75) is 0 Å². The van der Waals surface area contributed by atoms with Gasteiger partial charge in [-0.15, -0.1) is 0 Å². The van der Waals surface area contributed by atoms with E-state index < -0.39 is 7.82 Å². The van der Waals surface area contributed by atoms with Crippen LogP contribution in [0.2, 0.25) is 0 Å². The smallest absolute Gasteiger partial charge is 1.00 e. The van der Waals surface area contributed by atoms with Crippen LogP contribution in [0.4, 0.5) is 0 Å². The number of hydrogen-bond acceptors (Lipinski definition) is 1. The van der Waals surface area contributed by atoms with Gasteiger partial charge in [-0.1, -0.05) is 0 Å². The van der Waals surface area contributed by atoms with Gasteiger partial charge >= 0.3 is 56.7 Å². The average molecular weight is 359 g/mol. The van der Waals surface area contributed by atoms with Gasteiger partial charge < -0.3 is 17.5 Å². The van der Waals surface area contributed by atoms with Crippen LogP contribution < -0.4 is 0 Å². The molecular formula is H8AlBaO4PZr. The van der Waals surface area contributed by atoms with Crippen molar-refractivity contribution in [3.05, 3.63) is 0 Å². The van der Waals surface area contributed by atoms with Crippen LogP contribution >= 0.6 is 7.82 Å². The molecule has 0 heterocycles. The first-order chi connectivity index (χ1) is 2.00. The van der Waals surface area contributed by atoms with Crippen molar-refractivity contribution in [1.82, 2.24) is 0 Å². The third-order valence-corrected chi connectivity index (χ3v) is 0. The van der Waals surface area contributed by atoms with Crippen molar-refractivity contribution < 1.29 is 48.3 Å². The van der Waals surface area contributed by atoms with E-state index in [-0.39, 0.29) is 95.3 Å². The Morgan fingerprint density at radius 1 is 1.25 bits per heavy atom. The molecule has 0 saturated carbocycles. The van der Waals surface area contributed by atoms with Gasteiger partial charge in [0.25, 0.3) is 0 Å². The summed E-state index contributed by atoms with van der Waals surface area (Å²) in [6.45, 7) is 0. The second kappa shape index (κ2) is 10.1. The van der Waals surface area contributed by atoms with Gasteiger partial charge in [-0.05, 0) is 0 Å². The third-order valence-electron chi connectivity index (χ3n) is 0. The Balaban J connectivity index is -0.00000000800. The molecule has 0 aromatic rings. The van der Waals surface area contributed by atoms with E-state index in [4.69, 9.17) is 19.2 Å². The Kier molecular flexibility index (Phi) is 28.3. The van der Waals surface area contributed by atoms with Gasteiger partial charge in [0.15, 0.2) is 17.4 Å². The molecule has 0 atom stereocenters. The Morgan fingerprint density at radius 3 is 1.25 bits per heavy atom. The van der Waals surface area contributed by atoms with Crippen LogP contribution in [0, 0.1) is 0 Å². The van der Waals surface area contributed by atoms with E-state index in [9.17, 15) is 0 Å². The van der Waals surface area contributed by atoms with Gasteiger partial charge in [0.05, 0.1) is 0 Å². The minimum absolute atomic E-state index is 0. The monoisotopic (exact) mass is 358 g/mol. The Hall–Kier alpha value is 3.10. The van der Waals surface area contributed by atoms with E-state index in [1.54, 1.807) is 0 Å². The predicted molar refractivity (Wildman–Crippen MR) is 32.2 cm³/mol. The van der Waals surface area contributed by atoms with Gasteiger partial charge in [-0.25, -0.2) is 4.57 Å². The van der Waals surface area contributed by atoms with E-state index >= 15 is 0 Å². The zero-order chi connectivity index (χ0) is 4.50. The quantitative estimate of drug-likeness (QED) is 0.337. The summed E-state index contributed by atoms with van der Waals surface area (Å²) in [4.78, 5) is 21.6. The molecule has 0 aliphatic rings. The molecule has 0 aromatic heterocycles. The Labute approximate surface area is 120 Å². The topological polar surface area (TPSA) is 77.8 Å². The van der Waals surface area contributed by atoms with Gasteiger partial charge in [-0.2, -0.15) is 0 Å². The largest absolute Gasteiger partial charge is 2.00 e. The van der Waals surface area contributed by atoms with E-state index in [0.717, 1.165) is 0 Å². The van der Waals surface area contributed by atoms with Crippen LogP contribution in [0.5, 0.6) is 0 Å². The summed E-state index contributed by atoms with van der Waals surface area (Å²) in [7, 11) is -4.64. The standard InChI is InChI=1S/Al.Ba.H3O4P.Zr.5H/c;;1-5(2,3)4;;;;;;/h;;(H3,1,2,3,4);;;;;;/q;+2;;;;;;2*-1. The molecule has 0 fully saturated rings. The number of rotatable bonds is 0. The Bertz CT molecular complexity index is 69.4. The molecule has 8 heavy (non-hydrogen) atoms. The molecule has 8 heteroatoms. The molecule has 3 N–H and O–H groups in total. The van der Waals surface area contributed by atoms with Crippen LogP contribution in [0.1, 0.15) is 2.85 Å². The maximum atomic E-state index is 8.88. The zero-order valence-corrected chi connectivity index (χ0v) is 11.2. The molecule has 0 spiro atoms. The van der Waals surface area contributed by atoms with E-state index in [1.807, 2.05) is 0 Å². The average Bonchev–Trinajstić information content (AvgIpc) is 0.722. The van der Waals surface area contributed by atoms with Crippen molar-refractivity contribution in [3.8, 4) is 0 Å². The summed E-state index contributed by atoms with van der Waals surface area (Å²) in [6.07, 6.45) is 0. The summed E-state index contributed by atoms with van der Waals surface area (Å²) in [5, 5.41) is 0. The van der Waals surface area contributed by atoms with E-state index in [2.05, 4.69) is 0 Å². The maximum Gasteiger partial charge on any atom is 2.00 e. The molecular weight excluding hydrogens is 351 g/mol. The molecule has 0 aromatic carbocycles. The molecule has 0 unspecified atom stereocenters. The molecule has 0 aliphatic heterocycles. The van der Waals surface area contributed by atoms with E-state index in [1.165, 1.54) is 0 Å². The van der Waals surface area contributed by atoms with Crippen LogP contribution in [0.15, 0.2) is 0 Å².